The van der Waals surface area contributed by atoms with Gasteiger partial charge in [-0.15, -0.1) is 10.2 Å². The zero-order valence-corrected chi connectivity index (χ0v) is 17.4. The quantitative estimate of drug-likeness (QED) is 0.567. The van der Waals surface area contributed by atoms with Crippen LogP contribution >= 0.6 is 11.3 Å². The summed E-state index contributed by atoms with van der Waals surface area (Å²) in [5.74, 6) is 0.560. The van der Waals surface area contributed by atoms with Gasteiger partial charge in [-0.2, -0.15) is 0 Å². The van der Waals surface area contributed by atoms with E-state index in [1.807, 2.05) is 6.07 Å². The van der Waals surface area contributed by atoms with Crippen molar-refractivity contribution in [1.29, 1.82) is 0 Å². The number of rotatable bonds is 8. The summed E-state index contributed by atoms with van der Waals surface area (Å²) in [4.78, 5) is 24.7. The van der Waals surface area contributed by atoms with E-state index in [0.29, 0.717) is 22.9 Å². The van der Waals surface area contributed by atoms with Crippen molar-refractivity contribution >= 4 is 28.8 Å². The summed E-state index contributed by atoms with van der Waals surface area (Å²) in [6.07, 6.45) is 0. The maximum Gasteiger partial charge on any atom is 0.286 e. The average molecular weight is 428 g/mol. The zero-order chi connectivity index (χ0) is 21.5. The van der Waals surface area contributed by atoms with Crippen molar-refractivity contribution in [2.24, 2.45) is 0 Å². The first kappa shape index (κ1) is 21.1. The molecule has 3 rings (SSSR count). The minimum atomic E-state index is -0.444. The predicted molar refractivity (Wildman–Crippen MR) is 112 cm³/mol. The lowest BCUT2D eigenvalue weighted by atomic mass is 10.1. The SMILES string of the molecule is COc1cc(CNC(=O)c2nnc(C(=O)Nc3ccccc3)s2)cc(OC)c1OC. The molecule has 30 heavy (non-hydrogen) atoms. The lowest BCUT2D eigenvalue weighted by Gasteiger charge is -2.14. The lowest BCUT2D eigenvalue weighted by molar-refractivity contribution is 0.0948. The van der Waals surface area contributed by atoms with E-state index in [9.17, 15) is 9.59 Å². The monoisotopic (exact) mass is 428 g/mol. The van der Waals surface area contributed by atoms with Crippen molar-refractivity contribution in [3.63, 3.8) is 0 Å². The maximum absolute atomic E-state index is 12.4. The highest BCUT2D eigenvalue weighted by Gasteiger charge is 2.18. The van der Waals surface area contributed by atoms with Gasteiger partial charge >= 0.3 is 0 Å². The summed E-state index contributed by atoms with van der Waals surface area (Å²) in [5.41, 5.74) is 1.37. The van der Waals surface area contributed by atoms with Gasteiger partial charge in [-0.05, 0) is 29.8 Å². The largest absolute Gasteiger partial charge is 0.493 e. The van der Waals surface area contributed by atoms with E-state index in [4.69, 9.17) is 14.2 Å². The van der Waals surface area contributed by atoms with Crippen molar-refractivity contribution in [2.75, 3.05) is 26.6 Å². The molecule has 0 saturated carbocycles. The third kappa shape index (κ3) is 4.84. The zero-order valence-electron chi connectivity index (χ0n) is 16.6. The van der Waals surface area contributed by atoms with Gasteiger partial charge in [0, 0.05) is 12.2 Å². The number of hydrogen-bond acceptors (Lipinski definition) is 8. The molecule has 0 unspecified atom stereocenters. The first-order valence-corrected chi connectivity index (χ1v) is 9.64. The van der Waals surface area contributed by atoms with Crippen LogP contribution in [0.1, 0.15) is 25.2 Å². The number of hydrogen-bond donors (Lipinski definition) is 2. The predicted octanol–water partition coefficient (Wildman–Crippen LogP) is 2.75. The number of carbonyl (C=O) groups excluding carboxylic acids is 2. The van der Waals surface area contributed by atoms with Crippen LogP contribution in [-0.2, 0) is 6.54 Å². The van der Waals surface area contributed by atoms with E-state index in [2.05, 4.69) is 20.8 Å². The maximum atomic E-state index is 12.4. The number of nitrogens with one attached hydrogen (secondary N) is 2. The fraction of sp³-hybridized carbons (Fsp3) is 0.200. The molecule has 0 fully saturated rings. The molecule has 0 aliphatic carbocycles. The second-order valence-corrected chi connectivity index (χ2v) is 6.93. The number of para-hydroxylation sites is 1. The molecule has 0 radical (unpaired) electrons. The number of methoxy groups -OCH3 is 3. The molecular weight excluding hydrogens is 408 g/mol. The van der Waals surface area contributed by atoms with Gasteiger partial charge in [-0.1, -0.05) is 29.5 Å². The van der Waals surface area contributed by atoms with E-state index in [-0.39, 0.29) is 16.6 Å². The fourth-order valence-electron chi connectivity index (χ4n) is 2.61. The molecule has 0 aliphatic heterocycles. The van der Waals surface area contributed by atoms with E-state index < -0.39 is 11.8 Å². The van der Waals surface area contributed by atoms with E-state index >= 15 is 0 Å². The molecule has 2 N–H and O–H groups in total. The first-order chi connectivity index (χ1) is 14.5. The van der Waals surface area contributed by atoms with Crippen LogP contribution in [0, 0.1) is 0 Å². The number of benzene rings is 2. The van der Waals surface area contributed by atoms with Crippen LogP contribution in [0.15, 0.2) is 42.5 Å². The van der Waals surface area contributed by atoms with Gasteiger partial charge in [0.05, 0.1) is 21.3 Å². The lowest BCUT2D eigenvalue weighted by Crippen LogP contribution is -2.22. The van der Waals surface area contributed by atoms with Crippen LogP contribution in [0.25, 0.3) is 0 Å². The average Bonchev–Trinajstić information content (AvgIpc) is 3.28. The minimum absolute atomic E-state index is 0.0839. The number of nitrogens with zero attached hydrogens (tertiary/aromatic N) is 2. The Morgan fingerprint density at radius 2 is 1.50 bits per heavy atom. The molecule has 0 atom stereocenters. The van der Waals surface area contributed by atoms with Crippen molar-refractivity contribution in [3.8, 4) is 17.2 Å². The number of amides is 2. The topological polar surface area (TPSA) is 112 Å². The molecule has 0 aliphatic rings. The molecule has 10 heteroatoms. The van der Waals surface area contributed by atoms with Gasteiger partial charge in [0.1, 0.15) is 0 Å². The van der Waals surface area contributed by atoms with Crippen molar-refractivity contribution in [3.05, 3.63) is 58.0 Å². The molecule has 2 amide bonds. The highest BCUT2D eigenvalue weighted by atomic mass is 32.1. The van der Waals surface area contributed by atoms with E-state index in [1.165, 1.54) is 21.3 Å². The molecular formula is C20H20N4O5S. The smallest absolute Gasteiger partial charge is 0.286 e. The Morgan fingerprint density at radius 3 is 2.07 bits per heavy atom. The molecule has 156 valence electrons. The molecule has 2 aromatic carbocycles. The summed E-state index contributed by atoms with van der Waals surface area (Å²) in [6.45, 7) is 0.195. The number of carbonyl (C=O) groups is 2. The van der Waals surface area contributed by atoms with Crippen molar-refractivity contribution in [1.82, 2.24) is 15.5 Å². The van der Waals surface area contributed by atoms with Crippen LogP contribution in [-0.4, -0.2) is 43.3 Å². The number of anilines is 1. The Balaban J connectivity index is 1.65. The second kappa shape index (κ2) is 9.70. The molecule has 0 bridgehead atoms. The van der Waals surface area contributed by atoms with Gasteiger partial charge in [-0.25, -0.2) is 0 Å². The summed E-state index contributed by atoms with van der Waals surface area (Å²) < 4.78 is 15.9. The highest BCUT2D eigenvalue weighted by molar-refractivity contribution is 7.15. The third-order valence-corrected chi connectivity index (χ3v) is 4.94. The molecule has 1 heterocycles. The van der Waals surface area contributed by atoms with Crippen LogP contribution < -0.4 is 24.8 Å². The summed E-state index contributed by atoms with van der Waals surface area (Å²) in [6, 6.07) is 12.4. The fourth-order valence-corrected chi connectivity index (χ4v) is 3.26. The van der Waals surface area contributed by atoms with Crippen LogP contribution in [0.3, 0.4) is 0 Å². The molecule has 3 aromatic rings. The molecule has 0 saturated heterocycles. The number of aromatic nitrogens is 2. The Kier molecular flexibility index (Phi) is 6.81. The molecule has 1 aromatic heterocycles. The normalized spacial score (nSPS) is 10.2. The second-order valence-electron chi connectivity index (χ2n) is 5.95. The van der Waals surface area contributed by atoms with Crippen LogP contribution in [0.5, 0.6) is 17.2 Å². The summed E-state index contributed by atoms with van der Waals surface area (Å²) in [7, 11) is 4.55. The van der Waals surface area contributed by atoms with Crippen molar-refractivity contribution < 1.29 is 23.8 Å². The van der Waals surface area contributed by atoms with Gasteiger partial charge in [0.25, 0.3) is 11.8 Å². The third-order valence-electron chi connectivity index (χ3n) is 4.02. The van der Waals surface area contributed by atoms with Crippen molar-refractivity contribution in [2.45, 2.75) is 6.54 Å². The summed E-state index contributed by atoms with van der Waals surface area (Å²) in [5, 5.41) is 13.2. The van der Waals surface area contributed by atoms with E-state index in [1.54, 1.807) is 36.4 Å². The summed E-state index contributed by atoms with van der Waals surface area (Å²) >= 11 is 0.909. The van der Waals surface area contributed by atoms with Gasteiger partial charge in [0.2, 0.25) is 15.8 Å². The first-order valence-electron chi connectivity index (χ1n) is 8.82. The van der Waals surface area contributed by atoms with Crippen LogP contribution in [0.2, 0.25) is 0 Å². The Bertz CT molecular complexity index is 1010. The van der Waals surface area contributed by atoms with Gasteiger partial charge in [0.15, 0.2) is 11.5 Å². The van der Waals surface area contributed by atoms with Crippen LogP contribution in [0.4, 0.5) is 5.69 Å². The Labute approximate surface area is 177 Å². The standard InChI is InChI=1S/C20H20N4O5S/c1-27-14-9-12(10-15(28-2)16(14)29-3)11-21-17(25)19-23-24-20(30-19)18(26)22-13-7-5-4-6-8-13/h4-10H,11H2,1-3H3,(H,21,25)(H,22,26). The highest BCUT2D eigenvalue weighted by Crippen LogP contribution is 2.38. The van der Waals surface area contributed by atoms with E-state index in [0.717, 1.165) is 16.9 Å². The van der Waals surface area contributed by atoms with Gasteiger partial charge in [-0.3, -0.25) is 9.59 Å². The Morgan fingerprint density at radius 1 is 0.900 bits per heavy atom. The molecule has 9 nitrogen and oxygen atoms in total. The minimum Gasteiger partial charge on any atom is -0.493 e. The molecule has 0 spiro atoms. The number of ether oxygens (including phenoxy) is 3. The Hall–Kier alpha value is -3.66. The van der Waals surface area contributed by atoms with Gasteiger partial charge < -0.3 is 24.8 Å².